The summed E-state index contributed by atoms with van der Waals surface area (Å²) < 4.78 is 0. The van der Waals surface area contributed by atoms with E-state index < -0.39 is 0 Å². The Morgan fingerprint density at radius 1 is 1.12 bits per heavy atom. The third kappa shape index (κ3) is 2.93. The number of nitrogens with one attached hydrogen (secondary N) is 1. The highest BCUT2D eigenvalue weighted by molar-refractivity contribution is 5.70. The highest BCUT2D eigenvalue weighted by atomic mass is 15.2. The van der Waals surface area contributed by atoms with Crippen LogP contribution >= 0.6 is 0 Å². The molecule has 1 N–H and O–H groups in total. The standard InChI is InChI=1S/C15H24N2/c1-3-13(4-2)16-14-9-5-6-10-15(14)17-11-7-8-12-17/h5-6,9-10,13,16H,3-4,7-8,11-12H2,1-2H3. The highest BCUT2D eigenvalue weighted by Gasteiger charge is 2.16. The molecule has 94 valence electrons. The van der Waals surface area contributed by atoms with Crippen LogP contribution in [-0.4, -0.2) is 19.1 Å². The van der Waals surface area contributed by atoms with Crippen LogP contribution in [0.3, 0.4) is 0 Å². The van der Waals surface area contributed by atoms with Crippen LogP contribution in [0.4, 0.5) is 11.4 Å². The van der Waals surface area contributed by atoms with Gasteiger partial charge < -0.3 is 10.2 Å². The summed E-state index contributed by atoms with van der Waals surface area (Å²) in [6.45, 7) is 6.92. The van der Waals surface area contributed by atoms with Crippen molar-refractivity contribution in [1.82, 2.24) is 0 Å². The Morgan fingerprint density at radius 2 is 1.76 bits per heavy atom. The van der Waals surface area contributed by atoms with Crippen molar-refractivity contribution in [2.45, 2.75) is 45.6 Å². The fourth-order valence-electron chi connectivity index (χ4n) is 2.54. The predicted octanol–water partition coefficient (Wildman–Crippen LogP) is 3.89. The lowest BCUT2D eigenvalue weighted by Crippen LogP contribution is -2.22. The lowest BCUT2D eigenvalue weighted by Gasteiger charge is -2.24. The molecular formula is C15H24N2. The molecule has 1 fully saturated rings. The van der Waals surface area contributed by atoms with Crippen molar-refractivity contribution in [3.63, 3.8) is 0 Å². The summed E-state index contributed by atoms with van der Waals surface area (Å²) in [6, 6.07) is 9.33. The fourth-order valence-corrected chi connectivity index (χ4v) is 2.54. The van der Waals surface area contributed by atoms with E-state index in [9.17, 15) is 0 Å². The molecule has 2 heteroatoms. The van der Waals surface area contributed by atoms with E-state index in [1.54, 1.807) is 0 Å². The molecule has 17 heavy (non-hydrogen) atoms. The average Bonchev–Trinajstić information content (AvgIpc) is 2.90. The first-order valence-electron chi connectivity index (χ1n) is 6.95. The third-order valence-electron chi connectivity index (χ3n) is 3.70. The molecule has 0 radical (unpaired) electrons. The van der Waals surface area contributed by atoms with Gasteiger partial charge in [0.25, 0.3) is 0 Å². The van der Waals surface area contributed by atoms with E-state index in [4.69, 9.17) is 0 Å². The Morgan fingerprint density at radius 3 is 2.41 bits per heavy atom. The van der Waals surface area contributed by atoms with Gasteiger partial charge in [-0.15, -0.1) is 0 Å². The van der Waals surface area contributed by atoms with Gasteiger partial charge in [0.1, 0.15) is 0 Å². The molecule has 0 amide bonds. The van der Waals surface area contributed by atoms with Gasteiger partial charge in [-0.1, -0.05) is 26.0 Å². The molecule has 1 aromatic rings. The molecule has 1 heterocycles. The maximum absolute atomic E-state index is 3.68. The van der Waals surface area contributed by atoms with E-state index in [0.29, 0.717) is 6.04 Å². The number of nitrogens with zero attached hydrogens (tertiary/aromatic N) is 1. The third-order valence-corrected chi connectivity index (χ3v) is 3.70. The largest absolute Gasteiger partial charge is 0.381 e. The summed E-state index contributed by atoms with van der Waals surface area (Å²) in [4.78, 5) is 2.50. The van der Waals surface area contributed by atoms with Gasteiger partial charge in [-0.25, -0.2) is 0 Å². The molecule has 0 aliphatic carbocycles. The summed E-state index contributed by atoms with van der Waals surface area (Å²) in [5.74, 6) is 0. The Kier molecular flexibility index (Phi) is 4.29. The molecule has 0 spiro atoms. The summed E-state index contributed by atoms with van der Waals surface area (Å²) in [5.41, 5.74) is 2.69. The van der Waals surface area contributed by atoms with Crippen LogP contribution < -0.4 is 10.2 Å². The molecule has 0 saturated carbocycles. The molecule has 2 nitrogen and oxygen atoms in total. The lowest BCUT2D eigenvalue weighted by molar-refractivity contribution is 0.671. The first-order chi connectivity index (χ1) is 8.35. The number of para-hydroxylation sites is 2. The normalized spacial score (nSPS) is 15.6. The number of rotatable bonds is 5. The van der Waals surface area contributed by atoms with Gasteiger partial charge in [0, 0.05) is 19.1 Å². The van der Waals surface area contributed by atoms with Crippen molar-refractivity contribution >= 4 is 11.4 Å². The number of hydrogen-bond acceptors (Lipinski definition) is 2. The molecule has 1 aliphatic rings. The van der Waals surface area contributed by atoms with Gasteiger partial charge >= 0.3 is 0 Å². The minimum atomic E-state index is 0.596. The van der Waals surface area contributed by atoms with Gasteiger partial charge in [0.2, 0.25) is 0 Å². The maximum atomic E-state index is 3.68. The molecule has 1 aromatic carbocycles. The molecular weight excluding hydrogens is 208 g/mol. The second kappa shape index (κ2) is 5.95. The summed E-state index contributed by atoms with van der Waals surface area (Å²) >= 11 is 0. The number of anilines is 2. The molecule has 0 atom stereocenters. The van der Waals surface area contributed by atoms with Crippen molar-refractivity contribution in [3.8, 4) is 0 Å². The Bertz CT molecular complexity index is 339. The van der Waals surface area contributed by atoms with Gasteiger partial charge in [-0.3, -0.25) is 0 Å². The van der Waals surface area contributed by atoms with Crippen LogP contribution in [0.5, 0.6) is 0 Å². The van der Waals surface area contributed by atoms with Crippen LogP contribution in [-0.2, 0) is 0 Å². The van der Waals surface area contributed by atoms with Crippen LogP contribution in [0.2, 0.25) is 0 Å². The van der Waals surface area contributed by atoms with Gasteiger partial charge in [-0.2, -0.15) is 0 Å². The van der Waals surface area contributed by atoms with E-state index in [1.165, 1.54) is 50.1 Å². The van der Waals surface area contributed by atoms with Gasteiger partial charge in [0.15, 0.2) is 0 Å². The minimum Gasteiger partial charge on any atom is -0.381 e. The first-order valence-corrected chi connectivity index (χ1v) is 6.95. The SMILES string of the molecule is CCC(CC)Nc1ccccc1N1CCCC1. The van der Waals surface area contributed by atoms with Crippen LogP contribution in [0.15, 0.2) is 24.3 Å². The highest BCUT2D eigenvalue weighted by Crippen LogP contribution is 2.29. The van der Waals surface area contributed by atoms with Crippen molar-refractivity contribution in [2.24, 2.45) is 0 Å². The average molecular weight is 232 g/mol. The van der Waals surface area contributed by atoms with Crippen LogP contribution in [0, 0.1) is 0 Å². The number of hydrogen-bond donors (Lipinski definition) is 1. The summed E-state index contributed by atoms with van der Waals surface area (Å²) in [7, 11) is 0. The zero-order valence-corrected chi connectivity index (χ0v) is 11.1. The lowest BCUT2D eigenvalue weighted by atomic mass is 10.1. The second-order valence-electron chi connectivity index (χ2n) is 4.87. The van der Waals surface area contributed by atoms with Crippen LogP contribution in [0.25, 0.3) is 0 Å². The van der Waals surface area contributed by atoms with Crippen molar-refractivity contribution < 1.29 is 0 Å². The predicted molar refractivity (Wildman–Crippen MR) is 75.9 cm³/mol. The second-order valence-corrected chi connectivity index (χ2v) is 4.87. The van der Waals surface area contributed by atoms with Crippen molar-refractivity contribution in [2.75, 3.05) is 23.3 Å². The minimum absolute atomic E-state index is 0.596. The molecule has 2 rings (SSSR count). The Labute approximate surface area is 105 Å². The van der Waals surface area contributed by atoms with E-state index in [0.717, 1.165) is 0 Å². The Hall–Kier alpha value is -1.18. The van der Waals surface area contributed by atoms with Crippen LogP contribution in [0.1, 0.15) is 39.5 Å². The molecule has 1 saturated heterocycles. The van der Waals surface area contributed by atoms with E-state index >= 15 is 0 Å². The summed E-state index contributed by atoms with van der Waals surface area (Å²) in [6.07, 6.45) is 5.04. The van der Waals surface area contributed by atoms with Gasteiger partial charge in [-0.05, 0) is 37.8 Å². The molecule has 1 aliphatic heterocycles. The first kappa shape index (κ1) is 12.3. The van der Waals surface area contributed by atoms with Gasteiger partial charge in [0.05, 0.1) is 11.4 Å². The summed E-state index contributed by atoms with van der Waals surface area (Å²) in [5, 5.41) is 3.68. The molecule has 0 aromatic heterocycles. The van der Waals surface area contributed by atoms with E-state index in [2.05, 4.69) is 48.3 Å². The quantitative estimate of drug-likeness (QED) is 0.828. The molecule has 0 bridgehead atoms. The fraction of sp³-hybridized carbons (Fsp3) is 0.600. The topological polar surface area (TPSA) is 15.3 Å². The Balaban J connectivity index is 2.14. The number of benzene rings is 1. The van der Waals surface area contributed by atoms with Crippen molar-refractivity contribution in [3.05, 3.63) is 24.3 Å². The van der Waals surface area contributed by atoms with E-state index in [1.807, 2.05) is 0 Å². The monoisotopic (exact) mass is 232 g/mol. The van der Waals surface area contributed by atoms with E-state index in [-0.39, 0.29) is 0 Å². The maximum Gasteiger partial charge on any atom is 0.0602 e. The molecule has 0 unspecified atom stereocenters. The zero-order chi connectivity index (χ0) is 12.1. The zero-order valence-electron chi connectivity index (χ0n) is 11.1. The smallest absolute Gasteiger partial charge is 0.0602 e. The van der Waals surface area contributed by atoms with Crippen molar-refractivity contribution in [1.29, 1.82) is 0 Å².